The van der Waals surface area contributed by atoms with Gasteiger partial charge in [0.25, 0.3) is 0 Å². The maximum Gasteiger partial charge on any atom is 0.0866 e. The molecule has 54 valence electrons. The van der Waals surface area contributed by atoms with Gasteiger partial charge in [0.1, 0.15) is 0 Å². The van der Waals surface area contributed by atoms with Gasteiger partial charge in [0, 0.05) is 12.5 Å². The molecule has 0 aromatic heterocycles. The van der Waals surface area contributed by atoms with E-state index in [0.29, 0.717) is 12.5 Å². The highest BCUT2D eigenvalue weighted by molar-refractivity contribution is 4.83. The Morgan fingerprint density at radius 2 is 2.11 bits per heavy atom. The van der Waals surface area contributed by atoms with Gasteiger partial charge in [-0.2, -0.15) is 0 Å². The summed E-state index contributed by atoms with van der Waals surface area (Å²) < 4.78 is 0. The van der Waals surface area contributed by atoms with E-state index in [0.717, 1.165) is 0 Å². The number of aliphatic hydroxyl groups excluding tert-OH is 1. The molecule has 0 rings (SSSR count). The molecule has 0 aromatic carbocycles. The predicted molar refractivity (Wildman–Crippen MR) is 39.5 cm³/mol. The Bertz CT molecular complexity index is 99.1. The minimum absolute atomic E-state index is 0.260. The quantitative estimate of drug-likeness (QED) is 0.582. The van der Waals surface area contributed by atoms with Gasteiger partial charge < -0.3 is 10.0 Å². The third-order valence-electron chi connectivity index (χ3n) is 1.41. The van der Waals surface area contributed by atoms with Gasteiger partial charge in [-0.05, 0) is 21.0 Å². The van der Waals surface area contributed by atoms with Crippen LogP contribution in [0.3, 0.4) is 0 Å². The fourth-order valence-corrected chi connectivity index (χ4v) is 0.524. The fraction of sp³-hybridized carbons (Fsp3) is 0.714. The molecule has 1 N–H and O–H groups in total. The molecular formula is C7H15NO. The summed E-state index contributed by atoms with van der Waals surface area (Å²) in [5.74, 6) is 0.260. The Hall–Kier alpha value is -0.500. The normalized spacial score (nSPS) is 13.8. The van der Waals surface area contributed by atoms with Gasteiger partial charge in [-0.3, -0.25) is 0 Å². The van der Waals surface area contributed by atoms with Crippen molar-refractivity contribution in [3.63, 3.8) is 0 Å². The largest absolute Gasteiger partial charge is 0.513 e. The Labute approximate surface area is 56.8 Å². The van der Waals surface area contributed by atoms with E-state index in [2.05, 4.69) is 6.58 Å². The summed E-state index contributed by atoms with van der Waals surface area (Å²) in [7, 11) is 3.96. The first-order valence-corrected chi connectivity index (χ1v) is 3.07. The number of hydrogen-bond acceptors (Lipinski definition) is 2. The van der Waals surface area contributed by atoms with E-state index in [-0.39, 0.29) is 5.76 Å². The Kier molecular flexibility index (Phi) is 3.32. The lowest BCUT2D eigenvalue weighted by Gasteiger charge is -2.18. The van der Waals surface area contributed by atoms with Crippen molar-refractivity contribution < 1.29 is 5.11 Å². The molecule has 0 heterocycles. The second-order valence-corrected chi connectivity index (χ2v) is 2.58. The highest BCUT2D eigenvalue weighted by Crippen LogP contribution is 2.02. The van der Waals surface area contributed by atoms with Crippen molar-refractivity contribution in [1.29, 1.82) is 0 Å². The molecule has 2 heteroatoms. The minimum Gasteiger partial charge on any atom is -0.513 e. The molecular weight excluding hydrogens is 114 g/mol. The molecule has 0 spiro atoms. The van der Waals surface area contributed by atoms with Crippen LogP contribution >= 0.6 is 0 Å². The Morgan fingerprint density at radius 1 is 1.67 bits per heavy atom. The topological polar surface area (TPSA) is 23.5 Å². The van der Waals surface area contributed by atoms with E-state index in [4.69, 9.17) is 5.11 Å². The number of rotatable bonds is 3. The van der Waals surface area contributed by atoms with E-state index in [1.165, 1.54) is 0 Å². The maximum absolute atomic E-state index is 8.75. The van der Waals surface area contributed by atoms with Crippen LogP contribution in [-0.4, -0.2) is 30.1 Å². The van der Waals surface area contributed by atoms with Gasteiger partial charge >= 0.3 is 0 Å². The summed E-state index contributed by atoms with van der Waals surface area (Å²) in [5, 5.41) is 8.75. The molecule has 1 unspecified atom stereocenters. The summed E-state index contributed by atoms with van der Waals surface area (Å²) in [6.45, 7) is 5.45. The van der Waals surface area contributed by atoms with Crippen LogP contribution in [0.25, 0.3) is 0 Å². The molecule has 0 saturated heterocycles. The Balaban J connectivity index is 3.50. The Morgan fingerprint density at radius 3 is 2.22 bits per heavy atom. The van der Waals surface area contributed by atoms with Crippen LogP contribution in [-0.2, 0) is 0 Å². The molecule has 0 aliphatic heterocycles. The molecule has 9 heavy (non-hydrogen) atoms. The summed E-state index contributed by atoms with van der Waals surface area (Å²) in [5.41, 5.74) is 0. The third kappa shape index (κ3) is 4.03. The standard InChI is InChI=1S/C7H15NO/c1-6(8(3)4)5-7(2)9/h6,9H,2,5H2,1,3-4H3. The van der Waals surface area contributed by atoms with Crippen LogP contribution in [0.1, 0.15) is 13.3 Å². The van der Waals surface area contributed by atoms with Crippen LogP contribution in [0.15, 0.2) is 12.3 Å². The first-order valence-electron chi connectivity index (χ1n) is 3.07. The van der Waals surface area contributed by atoms with Crippen molar-refractivity contribution in [3.8, 4) is 0 Å². The molecule has 0 amide bonds. The van der Waals surface area contributed by atoms with Gasteiger partial charge in [0.05, 0.1) is 5.76 Å². The lowest BCUT2D eigenvalue weighted by Crippen LogP contribution is -2.24. The van der Waals surface area contributed by atoms with Crippen molar-refractivity contribution in [2.75, 3.05) is 14.1 Å². The molecule has 0 aliphatic rings. The van der Waals surface area contributed by atoms with Gasteiger partial charge in [-0.25, -0.2) is 0 Å². The number of hydrogen-bond donors (Lipinski definition) is 1. The summed E-state index contributed by atoms with van der Waals surface area (Å²) >= 11 is 0. The third-order valence-corrected chi connectivity index (χ3v) is 1.41. The minimum atomic E-state index is 0.260. The van der Waals surface area contributed by atoms with Crippen molar-refractivity contribution in [1.82, 2.24) is 4.90 Å². The molecule has 0 radical (unpaired) electrons. The predicted octanol–water partition coefficient (Wildman–Crippen LogP) is 1.40. The molecule has 0 fully saturated rings. The molecule has 0 aromatic rings. The lowest BCUT2D eigenvalue weighted by molar-refractivity contribution is 0.274. The van der Waals surface area contributed by atoms with Crippen molar-refractivity contribution in [2.24, 2.45) is 0 Å². The van der Waals surface area contributed by atoms with E-state index in [1.807, 2.05) is 25.9 Å². The molecule has 0 bridgehead atoms. The zero-order valence-electron chi connectivity index (χ0n) is 6.39. The molecule has 0 saturated carbocycles. The average molecular weight is 129 g/mol. The van der Waals surface area contributed by atoms with Crippen LogP contribution < -0.4 is 0 Å². The molecule has 0 aliphatic carbocycles. The van der Waals surface area contributed by atoms with Gasteiger partial charge in [0.2, 0.25) is 0 Å². The summed E-state index contributed by atoms with van der Waals surface area (Å²) in [6, 6.07) is 0.377. The smallest absolute Gasteiger partial charge is 0.0866 e. The van der Waals surface area contributed by atoms with E-state index in [1.54, 1.807) is 0 Å². The first-order chi connectivity index (χ1) is 4.04. The first kappa shape index (κ1) is 8.50. The monoisotopic (exact) mass is 129 g/mol. The second-order valence-electron chi connectivity index (χ2n) is 2.58. The van der Waals surface area contributed by atoms with E-state index < -0.39 is 0 Å². The van der Waals surface area contributed by atoms with Crippen LogP contribution in [0.2, 0.25) is 0 Å². The molecule has 1 atom stereocenters. The highest BCUT2D eigenvalue weighted by atomic mass is 16.3. The van der Waals surface area contributed by atoms with Crippen molar-refractivity contribution >= 4 is 0 Å². The number of nitrogens with zero attached hydrogens (tertiary/aromatic N) is 1. The zero-order valence-corrected chi connectivity index (χ0v) is 6.39. The summed E-state index contributed by atoms with van der Waals surface area (Å²) in [6.07, 6.45) is 0.660. The molecule has 2 nitrogen and oxygen atoms in total. The second kappa shape index (κ2) is 3.51. The summed E-state index contributed by atoms with van der Waals surface area (Å²) in [4.78, 5) is 2.04. The average Bonchev–Trinajstić information content (AvgIpc) is 1.63. The van der Waals surface area contributed by atoms with Crippen molar-refractivity contribution in [3.05, 3.63) is 12.3 Å². The maximum atomic E-state index is 8.75. The van der Waals surface area contributed by atoms with Crippen molar-refractivity contribution in [2.45, 2.75) is 19.4 Å². The van der Waals surface area contributed by atoms with Gasteiger partial charge in [-0.15, -0.1) is 0 Å². The zero-order chi connectivity index (χ0) is 7.44. The van der Waals surface area contributed by atoms with E-state index in [9.17, 15) is 0 Å². The SMILES string of the molecule is C=C(O)CC(C)N(C)C. The van der Waals surface area contributed by atoms with Crippen LogP contribution in [0.4, 0.5) is 0 Å². The number of aliphatic hydroxyl groups is 1. The van der Waals surface area contributed by atoms with Crippen LogP contribution in [0.5, 0.6) is 0 Å². The van der Waals surface area contributed by atoms with Gasteiger partial charge in [0.15, 0.2) is 0 Å². The van der Waals surface area contributed by atoms with Gasteiger partial charge in [-0.1, -0.05) is 6.58 Å². The van der Waals surface area contributed by atoms with Crippen LogP contribution in [0, 0.1) is 0 Å². The highest BCUT2D eigenvalue weighted by Gasteiger charge is 2.03. The van der Waals surface area contributed by atoms with E-state index >= 15 is 0 Å². The fourth-order valence-electron chi connectivity index (χ4n) is 0.524. The lowest BCUT2D eigenvalue weighted by atomic mass is 10.2.